The largest absolute Gasteiger partial charge is 0.864 e. The van der Waals surface area contributed by atoms with Crippen molar-refractivity contribution in [3.05, 3.63) is 124 Å². The van der Waals surface area contributed by atoms with E-state index in [-0.39, 0.29) is 12.1 Å². The van der Waals surface area contributed by atoms with Gasteiger partial charge in [0.1, 0.15) is 23.8 Å². The van der Waals surface area contributed by atoms with Gasteiger partial charge < -0.3 is 18.4 Å². The van der Waals surface area contributed by atoms with Crippen LogP contribution in [0.5, 0.6) is 17.2 Å². The molecule has 0 unspecified atom stereocenters. The number of hydrogen-bond donors (Lipinski definition) is 0. The van der Waals surface area contributed by atoms with Crippen molar-refractivity contribution < 1.29 is 71.1 Å². The van der Waals surface area contributed by atoms with Crippen molar-refractivity contribution in [2.24, 2.45) is 0 Å². The first-order chi connectivity index (χ1) is 31.6. The first-order valence-electron chi connectivity index (χ1n) is 22.9. The first kappa shape index (κ1) is 55.8. The summed E-state index contributed by atoms with van der Waals surface area (Å²) < 4.78 is 184. The van der Waals surface area contributed by atoms with E-state index in [1.165, 1.54) is 0 Å². The van der Waals surface area contributed by atoms with Gasteiger partial charge in [-0.25, -0.2) is 43.9 Å². The van der Waals surface area contributed by atoms with Crippen LogP contribution >= 0.6 is 0 Å². The Kier molecular flexibility index (Phi) is 24.7. The predicted octanol–water partition coefficient (Wildman–Crippen LogP) is 15.8. The lowest BCUT2D eigenvalue weighted by molar-refractivity contribution is -0.941. The van der Waals surface area contributed by atoms with Crippen LogP contribution in [0.4, 0.5) is 52.7 Å². The average Bonchev–Trinajstić information content (AvgIpc) is 3.28. The Morgan fingerprint density at radius 2 is 0.727 bits per heavy atom. The Labute approximate surface area is 381 Å². The van der Waals surface area contributed by atoms with E-state index < -0.39 is 94.4 Å². The van der Waals surface area contributed by atoms with Gasteiger partial charge in [-0.05, 0) is 38.5 Å². The second kappa shape index (κ2) is 29.3. The number of quaternary nitrogens is 1. The average molecular weight is 950 g/mol. The molecule has 0 saturated heterocycles. The zero-order valence-corrected chi connectivity index (χ0v) is 37.9. The van der Waals surface area contributed by atoms with Crippen LogP contribution in [0.15, 0.2) is 42.5 Å². The minimum atomic E-state index is -2.32. The maximum absolute atomic E-state index is 16.2. The van der Waals surface area contributed by atoms with Crippen LogP contribution in [0.3, 0.4) is 0 Å². The quantitative estimate of drug-likeness (QED) is 0.0136. The summed E-state index contributed by atoms with van der Waals surface area (Å²) in [4.78, 5) is 0. The highest BCUT2D eigenvalue weighted by Gasteiger charge is 2.37. The molecule has 4 aromatic carbocycles. The molecule has 0 aromatic heterocycles. The molecule has 366 valence electrons. The number of hydrogen-bond acceptors (Lipinski definition) is 3. The Morgan fingerprint density at radius 1 is 0.394 bits per heavy atom. The third-order valence-corrected chi connectivity index (χ3v) is 11.1. The predicted molar refractivity (Wildman–Crippen MR) is 230 cm³/mol. The highest BCUT2D eigenvalue weighted by Crippen LogP contribution is 2.33. The fraction of sp³-hybridized carbons (Fsp3) is 0.510. The zero-order chi connectivity index (χ0) is 48.6. The summed E-state index contributed by atoms with van der Waals surface area (Å²) in [6, 6.07) is 5.79. The number of unbranched alkanes of at least 4 members (excludes halogenated alkanes) is 15. The van der Waals surface area contributed by atoms with Gasteiger partial charge in [-0.2, -0.15) is 6.07 Å². The number of rotatable bonds is 29. The highest BCUT2D eigenvalue weighted by atomic mass is 19.2. The summed E-state index contributed by atoms with van der Waals surface area (Å²) in [7, 11) is -2.32. The molecule has 0 aliphatic heterocycles. The van der Waals surface area contributed by atoms with E-state index in [0.29, 0.717) is 54.4 Å². The molecule has 0 aliphatic carbocycles. The zero-order valence-electron chi connectivity index (χ0n) is 37.9. The molecular formula is C49H60BF12NO3. The van der Waals surface area contributed by atoms with E-state index in [2.05, 4.69) is 26.8 Å². The molecule has 0 aliphatic rings. The highest BCUT2D eigenvalue weighted by molar-refractivity contribution is 6.39. The SMILES string of the molecule is CCCCCCCC[N+](CCCCCCCC)(CCCCCCCC)Cc1c(OB(Oc2cc(F)c(F)c(F)c2)Oc2cc(F)c(F)c(F)c2)cc(F)c(F)c1F.Fc1c[c-]cc(F)c1F. The normalized spacial score (nSPS) is 11.4. The van der Waals surface area contributed by atoms with Crippen molar-refractivity contribution in [2.75, 3.05) is 19.6 Å². The summed E-state index contributed by atoms with van der Waals surface area (Å²) in [5, 5.41) is 0. The van der Waals surface area contributed by atoms with Crippen LogP contribution in [0.1, 0.15) is 142 Å². The van der Waals surface area contributed by atoms with Crippen LogP contribution in [0.25, 0.3) is 0 Å². The molecule has 0 amide bonds. The van der Waals surface area contributed by atoms with Gasteiger partial charge in [-0.15, -0.1) is 12.1 Å². The standard InChI is InChI=1S/C43H58BF9NO3.C6H2F3/c1-4-7-10-13-16-19-22-54(23-20-17-14-11-8-5-2,24-21-18-15-12-9-6-3)30-33-39(29-38(49)43(53)40(33)50)57-44(55-31-25-34(45)41(51)35(46)26-31)56-32-27-36(47)42(52)37(48)28-32;7-4-2-1-3-5(8)6(4)9/h25-29H,4-24,30H2,1-3H3;2-3H/q+1;-1. The Hall–Kier alpha value is -4.54. The number of halogens is 12. The Bertz CT molecular complexity index is 1910. The van der Waals surface area contributed by atoms with Gasteiger partial charge in [-0.1, -0.05) is 97.8 Å². The van der Waals surface area contributed by atoms with Gasteiger partial charge in [0, 0.05) is 42.0 Å². The third-order valence-electron chi connectivity index (χ3n) is 11.1. The maximum atomic E-state index is 16.2. The van der Waals surface area contributed by atoms with Crippen molar-refractivity contribution >= 4 is 7.32 Å². The lowest BCUT2D eigenvalue weighted by atomic mass is 10.0. The molecule has 0 spiro atoms. The van der Waals surface area contributed by atoms with E-state index in [0.717, 1.165) is 128 Å². The molecule has 4 aromatic rings. The Balaban J connectivity index is 0.00000114. The van der Waals surface area contributed by atoms with Crippen LogP contribution in [-0.4, -0.2) is 31.4 Å². The summed E-state index contributed by atoms with van der Waals surface area (Å²) in [6.07, 6.45) is 18.0. The molecule has 0 N–H and O–H groups in total. The third kappa shape index (κ3) is 18.3. The summed E-state index contributed by atoms with van der Waals surface area (Å²) in [6.45, 7) is 8.11. The van der Waals surface area contributed by atoms with Crippen molar-refractivity contribution in [1.29, 1.82) is 0 Å². The molecule has 0 fully saturated rings. The van der Waals surface area contributed by atoms with Gasteiger partial charge in [-0.3, -0.25) is 8.78 Å². The fourth-order valence-electron chi connectivity index (χ4n) is 7.48. The lowest BCUT2D eigenvalue weighted by Gasteiger charge is -2.40. The van der Waals surface area contributed by atoms with Crippen LogP contribution in [0.2, 0.25) is 0 Å². The van der Waals surface area contributed by atoms with E-state index in [1.54, 1.807) is 0 Å². The summed E-state index contributed by atoms with van der Waals surface area (Å²) in [5.74, 6) is -21.3. The van der Waals surface area contributed by atoms with Crippen LogP contribution in [0, 0.1) is 75.9 Å². The van der Waals surface area contributed by atoms with E-state index in [9.17, 15) is 39.5 Å². The first-order valence-corrected chi connectivity index (χ1v) is 22.9. The molecule has 0 heterocycles. The van der Waals surface area contributed by atoms with Crippen molar-refractivity contribution in [3.8, 4) is 17.2 Å². The second-order valence-electron chi connectivity index (χ2n) is 16.4. The molecular weight excluding hydrogens is 889 g/mol. The molecule has 0 bridgehead atoms. The fourth-order valence-corrected chi connectivity index (χ4v) is 7.48. The molecule has 66 heavy (non-hydrogen) atoms. The summed E-state index contributed by atoms with van der Waals surface area (Å²) >= 11 is 0. The second-order valence-corrected chi connectivity index (χ2v) is 16.4. The van der Waals surface area contributed by atoms with Crippen LogP contribution in [-0.2, 0) is 6.54 Å². The van der Waals surface area contributed by atoms with Crippen molar-refractivity contribution in [2.45, 2.75) is 143 Å². The molecule has 17 heteroatoms. The summed E-state index contributed by atoms with van der Waals surface area (Å²) in [5.41, 5.74) is -0.373. The molecule has 4 rings (SSSR count). The van der Waals surface area contributed by atoms with Crippen molar-refractivity contribution in [1.82, 2.24) is 0 Å². The molecule has 4 nitrogen and oxygen atoms in total. The topological polar surface area (TPSA) is 27.7 Å². The van der Waals surface area contributed by atoms with Gasteiger partial charge in [0.15, 0.2) is 52.4 Å². The monoisotopic (exact) mass is 949 g/mol. The lowest BCUT2D eigenvalue weighted by Crippen LogP contribution is -2.50. The van der Waals surface area contributed by atoms with E-state index in [4.69, 9.17) is 14.0 Å². The van der Waals surface area contributed by atoms with Gasteiger partial charge in [0.25, 0.3) is 0 Å². The molecule has 0 radical (unpaired) electrons. The number of nitrogens with zero attached hydrogens (tertiary/aromatic N) is 1. The minimum absolute atomic E-state index is 0.135. The van der Waals surface area contributed by atoms with E-state index in [1.807, 2.05) is 0 Å². The molecule has 0 atom stereocenters. The molecule has 0 saturated carbocycles. The maximum Gasteiger partial charge on any atom is 0.864 e. The van der Waals surface area contributed by atoms with Crippen molar-refractivity contribution in [3.63, 3.8) is 0 Å². The number of benzene rings is 4. The van der Waals surface area contributed by atoms with E-state index >= 15 is 13.2 Å². The van der Waals surface area contributed by atoms with Crippen LogP contribution < -0.4 is 14.0 Å². The smallest absolute Gasteiger partial charge is 0.489 e. The Morgan fingerprint density at radius 3 is 1.09 bits per heavy atom. The van der Waals surface area contributed by atoms with Gasteiger partial charge in [0.05, 0.1) is 31.0 Å². The minimum Gasteiger partial charge on any atom is -0.489 e. The van der Waals surface area contributed by atoms with Gasteiger partial charge >= 0.3 is 7.32 Å². The van der Waals surface area contributed by atoms with Gasteiger partial charge in [0.2, 0.25) is 0 Å².